The molecule has 0 radical (unpaired) electrons. The summed E-state index contributed by atoms with van der Waals surface area (Å²) in [6.45, 7) is 7.71. The molecule has 162 valence electrons. The number of ether oxygens (including phenoxy) is 1. The molecule has 30 heavy (non-hydrogen) atoms. The molecule has 2 atom stereocenters. The lowest BCUT2D eigenvalue weighted by Gasteiger charge is -2.31. The van der Waals surface area contributed by atoms with Crippen molar-refractivity contribution in [2.45, 2.75) is 59.2 Å². The van der Waals surface area contributed by atoms with Crippen LogP contribution in [0.25, 0.3) is 0 Å². The van der Waals surface area contributed by atoms with E-state index in [-0.39, 0.29) is 36.8 Å². The van der Waals surface area contributed by atoms with Crippen molar-refractivity contribution in [3.8, 4) is 5.75 Å². The molecule has 0 saturated heterocycles. The van der Waals surface area contributed by atoms with Gasteiger partial charge >= 0.3 is 0 Å². The zero-order valence-corrected chi connectivity index (χ0v) is 18.2. The highest BCUT2D eigenvalue weighted by atomic mass is 19.1. The van der Waals surface area contributed by atoms with E-state index in [0.717, 1.165) is 17.5 Å². The van der Waals surface area contributed by atoms with Crippen LogP contribution in [0.1, 0.15) is 44.7 Å². The zero-order chi connectivity index (χ0) is 22.1. The second kappa shape index (κ2) is 11.3. The van der Waals surface area contributed by atoms with E-state index in [1.54, 1.807) is 18.2 Å². The smallest absolute Gasteiger partial charge is 0.261 e. The molecule has 0 spiro atoms. The molecule has 0 aliphatic rings. The first-order chi connectivity index (χ1) is 14.3. The van der Waals surface area contributed by atoms with Gasteiger partial charge in [-0.1, -0.05) is 44.2 Å². The molecule has 2 amide bonds. The van der Waals surface area contributed by atoms with E-state index in [2.05, 4.69) is 5.32 Å². The number of benzene rings is 2. The summed E-state index contributed by atoms with van der Waals surface area (Å²) in [7, 11) is 0. The third-order valence-corrected chi connectivity index (χ3v) is 5.10. The van der Waals surface area contributed by atoms with Gasteiger partial charge in [0.15, 0.2) is 6.61 Å². The van der Waals surface area contributed by atoms with Crippen molar-refractivity contribution in [2.75, 3.05) is 6.61 Å². The van der Waals surface area contributed by atoms with Crippen molar-refractivity contribution in [2.24, 2.45) is 0 Å². The predicted octanol–water partition coefficient (Wildman–Crippen LogP) is 4.24. The van der Waals surface area contributed by atoms with Gasteiger partial charge in [-0.05, 0) is 56.0 Å². The molecule has 0 aromatic heterocycles. The number of halogens is 1. The Balaban J connectivity index is 2.21. The summed E-state index contributed by atoms with van der Waals surface area (Å²) in [5, 5.41) is 2.96. The Morgan fingerprint density at radius 3 is 2.33 bits per heavy atom. The molecule has 6 heteroatoms. The lowest BCUT2D eigenvalue weighted by atomic mass is 10.1. The van der Waals surface area contributed by atoms with Crippen molar-refractivity contribution in [1.82, 2.24) is 10.2 Å². The van der Waals surface area contributed by atoms with E-state index < -0.39 is 6.04 Å². The minimum atomic E-state index is -0.642. The minimum Gasteiger partial charge on any atom is -0.484 e. The number of para-hydroxylation sites is 1. The van der Waals surface area contributed by atoms with Crippen LogP contribution in [0, 0.1) is 12.7 Å². The maximum absolute atomic E-state index is 13.3. The van der Waals surface area contributed by atoms with Crippen molar-refractivity contribution in [1.29, 1.82) is 0 Å². The SMILES string of the molecule is CC[C@H](C(=O)N[C@@H](C)CC)N(Cc1ccc(F)cc1)C(=O)COc1ccccc1C. The number of nitrogens with zero attached hydrogens (tertiary/aromatic N) is 1. The van der Waals surface area contributed by atoms with E-state index >= 15 is 0 Å². The van der Waals surface area contributed by atoms with Crippen LogP contribution in [0.15, 0.2) is 48.5 Å². The first kappa shape index (κ1) is 23.4. The molecule has 2 aromatic rings. The predicted molar refractivity (Wildman–Crippen MR) is 116 cm³/mol. The van der Waals surface area contributed by atoms with Gasteiger partial charge in [-0.3, -0.25) is 9.59 Å². The largest absolute Gasteiger partial charge is 0.484 e. The molecule has 0 aliphatic heterocycles. The van der Waals surface area contributed by atoms with Gasteiger partial charge in [0.25, 0.3) is 5.91 Å². The van der Waals surface area contributed by atoms with Gasteiger partial charge in [0, 0.05) is 12.6 Å². The van der Waals surface area contributed by atoms with Gasteiger partial charge in [-0.15, -0.1) is 0 Å². The minimum absolute atomic E-state index is 0.0116. The average molecular weight is 415 g/mol. The number of aryl methyl sites for hydroxylation is 1. The molecule has 5 nitrogen and oxygen atoms in total. The number of amides is 2. The maximum atomic E-state index is 13.3. The molecule has 1 N–H and O–H groups in total. The normalized spacial score (nSPS) is 12.7. The molecular weight excluding hydrogens is 383 g/mol. The first-order valence-corrected chi connectivity index (χ1v) is 10.4. The van der Waals surface area contributed by atoms with Crippen molar-refractivity contribution >= 4 is 11.8 Å². The van der Waals surface area contributed by atoms with Crippen LogP contribution < -0.4 is 10.1 Å². The fourth-order valence-corrected chi connectivity index (χ4v) is 3.09. The second-order valence-electron chi connectivity index (χ2n) is 7.44. The fraction of sp³-hybridized carbons (Fsp3) is 0.417. The molecule has 0 fully saturated rings. The van der Waals surface area contributed by atoms with Crippen molar-refractivity contribution in [3.05, 3.63) is 65.5 Å². The van der Waals surface area contributed by atoms with Gasteiger partial charge in [0.1, 0.15) is 17.6 Å². The van der Waals surface area contributed by atoms with Crippen LogP contribution in [-0.4, -0.2) is 35.4 Å². The van der Waals surface area contributed by atoms with Crippen LogP contribution in [0.3, 0.4) is 0 Å². The molecule has 0 saturated carbocycles. The quantitative estimate of drug-likeness (QED) is 0.633. The summed E-state index contributed by atoms with van der Waals surface area (Å²) in [5.41, 5.74) is 1.67. The van der Waals surface area contributed by atoms with E-state index in [1.807, 2.05) is 45.9 Å². The number of carbonyl (C=O) groups excluding carboxylic acids is 2. The van der Waals surface area contributed by atoms with Gasteiger partial charge in [0.2, 0.25) is 5.91 Å². The molecule has 2 aromatic carbocycles. The summed E-state index contributed by atoms with van der Waals surface area (Å²) in [6, 6.07) is 12.8. The van der Waals surface area contributed by atoms with Gasteiger partial charge in [-0.2, -0.15) is 0 Å². The Morgan fingerprint density at radius 2 is 1.73 bits per heavy atom. The number of carbonyl (C=O) groups is 2. The topological polar surface area (TPSA) is 58.6 Å². The van der Waals surface area contributed by atoms with E-state index in [1.165, 1.54) is 17.0 Å². The number of hydrogen-bond donors (Lipinski definition) is 1. The highest BCUT2D eigenvalue weighted by Crippen LogP contribution is 2.18. The first-order valence-electron chi connectivity index (χ1n) is 10.4. The van der Waals surface area contributed by atoms with Crippen LogP contribution >= 0.6 is 0 Å². The van der Waals surface area contributed by atoms with E-state index in [0.29, 0.717) is 12.2 Å². The Morgan fingerprint density at radius 1 is 1.07 bits per heavy atom. The average Bonchev–Trinajstić information content (AvgIpc) is 2.74. The lowest BCUT2D eigenvalue weighted by molar-refractivity contribution is -0.143. The fourth-order valence-electron chi connectivity index (χ4n) is 3.09. The van der Waals surface area contributed by atoms with Gasteiger partial charge < -0.3 is 15.0 Å². The second-order valence-corrected chi connectivity index (χ2v) is 7.44. The molecule has 0 heterocycles. The zero-order valence-electron chi connectivity index (χ0n) is 18.2. The number of rotatable bonds is 10. The Kier molecular flexibility index (Phi) is 8.84. The Bertz CT molecular complexity index is 839. The summed E-state index contributed by atoms with van der Waals surface area (Å²) >= 11 is 0. The van der Waals surface area contributed by atoms with Crippen LogP contribution in [-0.2, 0) is 16.1 Å². The van der Waals surface area contributed by atoms with Crippen molar-refractivity contribution < 1.29 is 18.7 Å². The highest BCUT2D eigenvalue weighted by Gasteiger charge is 2.29. The molecule has 2 rings (SSSR count). The summed E-state index contributed by atoms with van der Waals surface area (Å²) in [5.74, 6) is -0.210. The number of hydrogen-bond acceptors (Lipinski definition) is 3. The molecular formula is C24H31FN2O3. The number of nitrogens with one attached hydrogen (secondary N) is 1. The summed E-state index contributed by atoms with van der Waals surface area (Å²) in [4.78, 5) is 27.5. The van der Waals surface area contributed by atoms with Crippen LogP contribution in [0.2, 0.25) is 0 Å². The summed E-state index contributed by atoms with van der Waals surface area (Å²) in [6.07, 6.45) is 1.25. The van der Waals surface area contributed by atoms with E-state index in [4.69, 9.17) is 4.74 Å². The van der Waals surface area contributed by atoms with Crippen molar-refractivity contribution in [3.63, 3.8) is 0 Å². The Labute approximate surface area is 178 Å². The third kappa shape index (κ3) is 6.58. The summed E-state index contributed by atoms with van der Waals surface area (Å²) < 4.78 is 19.0. The highest BCUT2D eigenvalue weighted by molar-refractivity contribution is 5.88. The standard InChI is InChI=1S/C24H31FN2O3/c1-5-18(4)26-24(29)21(6-2)27(15-19-11-13-20(25)14-12-19)23(28)16-30-22-10-8-7-9-17(22)3/h7-14,18,21H,5-6,15-16H2,1-4H3,(H,26,29)/t18-,21+/m0/s1. The maximum Gasteiger partial charge on any atom is 0.261 e. The molecule has 0 unspecified atom stereocenters. The van der Waals surface area contributed by atoms with Crippen LogP contribution in [0.4, 0.5) is 4.39 Å². The monoisotopic (exact) mass is 414 g/mol. The third-order valence-electron chi connectivity index (χ3n) is 5.10. The molecule has 0 bridgehead atoms. The Hall–Kier alpha value is -2.89. The van der Waals surface area contributed by atoms with Gasteiger partial charge in [-0.25, -0.2) is 4.39 Å². The van der Waals surface area contributed by atoms with Crippen LogP contribution in [0.5, 0.6) is 5.75 Å². The lowest BCUT2D eigenvalue weighted by Crippen LogP contribution is -2.51. The molecule has 0 aliphatic carbocycles. The van der Waals surface area contributed by atoms with E-state index in [9.17, 15) is 14.0 Å². The van der Waals surface area contributed by atoms with Gasteiger partial charge in [0.05, 0.1) is 0 Å².